The summed E-state index contributed by atoms with van der Waals surface area (Å²) >= 11 is 0. The lowest BCUT2D eigenvalue weighted by atomic mass is 9.67. The molecule has 2 aliphatic rings. The van der Waals surface area contributed by atoms with E-state index in [9.17, 15) is 10.2 Å². The highest BCUT2D eigenvalue weighted by Gasteiger charge is 2.38. The minimum Gasteiger partial charge on any atom is -0.389 e. The molecule has 0 aromatic heterocycles. The lowest BCUT2D eigenvalue weighted by Crippen LogP contribution is -2.46. The predicted octanol–water partition coefficient (Wildman–Crippen LogP) is 1.07. The number of hydrogen-bond acceptors (Lipinski definition) is 4. The molecule has 1 saturated carbocycles. The largest absolute Gasteiger partial charge is 0.389 e. The van der Waals surface area contributed by atoms with Crippen LogP contribution in [-0.4, -0.2) is 60.0 Å². The first-order valence-electron chi connectivity index (χ1n) is 8.07. The summed E-state index contributed by atoms with van der Waals surface area (Å²) in [6.45, 7) is 9.27. The van der Waals surface area contributed by atoms with Gasteiger partial charge in [0.25, 0.3) is 0 Å². The van der Waals surface area contributed by atoms with Gasteiger partial charge in [-0.25, -0.2) is 0 Å². The Morgan fingerprint density at radius 3 is 2.20 bits per heavy atom. The Morgan fingerprint density at radius 2 is 1.70 bits per heavy atom. The van der Waals surface area contributed by atoms with Gasteiger partial charge < -0.3 is 15.5 Å². The Labute approximate surface area is 123 Å². The molecule has 2 rings (SSSR count). The molecular formula is C16H32N2O2. The van der Waals surface area contributed by atoms with Gasteiger partial charge in [-0.1, -0.05) is 20.8 Å². The average molecular weight is 284 g/mol. The molecule has 0 aromatic carbocycles. The number of β-amino-alcohol motifs (C(OH)–C–C–N with tert-alkyl or cyclic N) is 2. The summed E-state index contributed by atoms with van der Waals surface area (Å²) in [5.41, 5.74) is 0.376. The number of aliphatic hydroxyl groups is 2. The normalized spacial score (nSPS) is 40.2. The zero-order valence-electron chi connectivity index (χ0n) is 13.5. The standard InChI is InChI=1S/C16H32N2O2/c1-16(2,3)12-5-6-13(17-4)11(7-12)8-18-9-14(19)15(20)10-18/h11-15,17,19-20H,5-10H2,1-4H3. The molecule has 3 N–H and O–H groups in total. The van der Waals surface area contributed by atoms with E-state index in [-0.39, 0.29) is 0 Å². The number of rotatable bonds is 3. The van der Waals surface area contributed by atoms with Crippen LogP contribution in [-0.2, 0) is 0 Å². The molecule has 1 heterocycles. The third-order valence-electron chi connectivity index (χ3n) is 5.41. The van der Waals surface area contributed by atoms with Gasteiger partial charge in [0, 0.05) is 25.7 Å². The highest BCUT2D eigenvalue weighted by atomic mass is 16.3. The molecular weight excluding hydrogens is 252 g/mol. The van der Waals surface area contributed by atoms with E-state index < -0.39 is 12.2 Å². The number of nitrogens with zero attached hydrogens (tertiary/aromatic N) is 1. The molecule has 1 aliphatic heterocycles. The van der Waals surface area contributed by atoms with Crippen LogP contribution in [0.5, 0.6) is 0 Å². The molecule has 4 nitrogen and oxygen atoms in total. The first kappa shape index (κ1) is 16.2. The summed E-state index contributed by atoms with van der Waals surface area (Å²) in [7, 11) is 2.06. The van der Waals surface area contributed by atoms with Gasteiger partial charge >= 0.3 is 0 Å². The zero-order valence-corrected chi connectivity index (χ0v) is 13.5. The number of hydrogen-bond donors (Lipinski definition) is 3. The van der Waals surface area contributed by atoms with Gasteiger partial charge in [0.15, 0.2) is 0 Å². The van der Waals surface area contributed by atoms with Crippen LogP contribution in [0.4, 0.5) is 0 Å². The molecule has 0 radical (unpaired) electrons. The van der Waals surface area contributed by atoms with E-state index in [2.05, 4.69) is 38.0 Å². The van der Waals surface area contributed by atoms with Crippen molar-refractivity contribution in [3.05, 3.63) is 0 Å². The Bertz CT molecular complexity index is 306. The van der Waals surface area contributed by atoms with Crippen molar-refractivity contribution in [2.75, 3.05) is 26.7 Å². The summed E-state index contributed by atoms with van der Waals surface area (Å²) in [5, 5.41) is 22.9. The van der Waals surface area contributed by atoms with Gasteiger partial charge in [-0.15, -0.1) is 0 Å². The maximum absolute atomic E-state index is 9.69. The van der Waals surface area contributed by atoms with Crippen LogP contribution in [0.25, 0.3) is 0 Å². The Hall–Kier alpha value is -0.160. The van der Waals surface area contributed by atoms with Crippen LogP contribution in [0.1, 0.15) is 40.0 Å². The van der Waals surface area contributed by atoms with Gasteiger partial charge in [-0.05, 0) is 43.6 Å². The third-order valence-corrected chi connectivity index (χ3v) is 5.41. The highest BCUT2D eigenvalue weighted by molar-refractivity contribution is 4.92. The molecule has 0 aromatic rings. The fourth-order valence-corrected chi connectivity index (χ4v) is 3.96. The van der Waals surface area contributed by atoms with Crippen LogP contribution < -0.4 is 5.32 Å². The van der Waals surface area contributed by atoms with E-state index in [4.69, 9.17) is 0 Å². The van der Waals surface area contributed by atoms with E-state index >= 15 is 0 Å². The van der Waals surface area contributed by atoms with Gasteiger partial charge in [0.1, 0.15) is 0 Å². The topological polar surface area (TPSA) is 55.7 Å². The minimum atomic E-state index is -0.565. The van der Waals surface area contributed by atoms with Crippen LogP contribution in [0, 0.1) is 17.3 Å². The maximum Gasteiger partial charge on any atom is 0.0938 e. The first-order valence-corrected chi connectivity index (χ1v) is 8.07. The molecule has 4 heteroatoms. The van der Waals surface area contributed by atoms with E-state index in [1.165, 1.54) is 19.3 Å². The SMILES string of the molecule is CNC1CCC(C(C)(C)C)CC1CN1CC(O)C(O)C1. The molecule has 0 amide bonds. The van der Waals surface area contributed by atoms with Crippen molar-refractivity contribution in [2.24, 2.45) is 17.3 Å². The average Bonchev–Trinajstić information content (AvgIpc) is 2.67. The first-order chi connectivity index (χ1) is 9.31. The number of likely N-dealkylation sites (tertiary alicyclic amines) is 1. The van der Waals surface area contributed by atoms with E-state index in [1.807, 2.05) is 0 Å². The van der Waals surface area contributed by atoms with Crippen LogP contribution in [0.2, 0.25) is 0 Å². The molecule has 1 aliphatic carbocycles. The highest BCUT2D eigenvalue weighted by Crippen LogP contribution is 2.40. The molecule has 0 bridgehead atoms. The van der Waals surface area contributed by atoms with E-state index in [0.29, 0.717) is 30.5 Å². The monoisotopic (exact) mass is 284 g/mol. The van der Waals surface area contributed by atoms with Crippen molar-refractivity contribution >= 4 is 0 Å². The van der Waals surface area contributed by atoms with E-state index in [0.717, 1.165) is 12.5 Å². The van der Waals surface area contributed by atoms with E-state index in [1.54, 1.807) is 0 Å². The maximum atomic E-state index is 9.69. The van der Waals surface area contributed by atoms with Crippen molar-refractivity contribution in [2.45, 2.75) is 58.3 Å². The molecule has 2 fully saturated rings. The lowest BCUT2D eigenvalue weighted by molar-refractivity contribution is 0.0572. The zero-order chi connectivity index (χ0) is 14.9. The molecule has 5 unspecified atom stereocenters. The predicted molar refractivity (Wildman–Crippen MR) is 81.6 cm³/mol. The second kappa shape index (κ2) is 6.30. The molecule has 5 atom stereocenters. The van der Waals surface area contributed by atoms with Crippen molar-refractivity contribution in [1.82, 2.24) is 10.2 Å². The quantitative estimate of drug-likeness (QED) is 0.726. The fourth-order valence-electron chi connectivity index (χ4n) is 3.96. The van der Waals surface area contributed by atoms with Crippen LogP contribution in [0.3, 0.4) is 0 Å². The van der Waals surface area contributed by atoms with Crippen LogP contribution in [0.15, 0.2) is 0 Å². The van der Waals surface area contributed by atoms with Gasteiger partial charge in [0.2, 0.25) is 0 Å². The Morgan fingerprint density at radius 1 is 1.10 bits per heavy atom. The molecule has 1 saturated heterocycles. The second-order valence-corrected chi connectivity index (χ2v) is 7.88. The Kier molecular flexibility index (Phi) is 5.11. The summed E-state index contributed by atoms with van der Waals surface area (Å²) in [6.07, 6.45) is 2.66. The molecule has 0 spiro atoms. The lowest BCUT2D eigenvalue weighted by Gasteiger charge is -2.43. The third kappa shape index (κ3) is 3.73. The van der Waals surface area contributed by atoms with Crippen molar-refractivity contribution in [3.63, 3.8) is 0 Å². The second-order valence-electron chi connectivity index (χ2n) is 7.88. The fraction of sp³-hybridized carbons (Fsp3) is 1.00. The van der Waals surface area contributed by atoms with Gasteiger partial charge in [0.05, 0.1) is 12.2 Å². The van der Waals surface area contributed by atoms with Gasteiger partial charge in [-0.2, -0.15) is 0 Å². The number of nitrogens with one attached hydrogen (secondary N) is 1. The van der Waals surface area contributed by atoms with Crippen molar-refractivity contribution in [1.29, 1.82) is 0 Å². The molecule has 20 heavy (non-hydrogen) atoms. The van der Waals surface area contributed by atoms with Crippen molar-refractivity contribution in [3.8, 4) is 0 Å². The summed E-state index contributed by atoms with van der Waals surface area (Å²) in [6, 6.07) is 0.573. The number of aliphatic hydroxyl groups excluding tert-OH is 2. The summed E-state index contributed by atoms with van der Waals surface area (Å²) in [4.78, 5) is 2.23. The van der Waals surface area contributed by atoms with Crippen LogP contribution >= 0.6 is 0 Å². The Balaban J connectivity index is 1.95. The minimum absolute atomic E-state index is 0.376. The van der Waals surface area contributed by atoms with Crippen molar-refractivity contribution < 1.29 is 10.2 Å². The molecule has 118 valence electrons. The smallest absolute Gasteiger partial charge is 0.0938 e. The summed E-state index contributed by atoms with van der Waals surface area (Å²) < 4.78 is 0. The van der Waals surface area contributed by atoms with Gasteiger partial charge in [-0.3, -0.25) is 4.90 Å². The summed E-state index contributed by atoms with van der Waals surface area (Å²) in [5.74, 6) is 1.39.